The second-order valence-electron chi connectivity index (χ2n) is 17.8. The molecule has 3 aromatic rings. The van der Waals surface area contributed by atoms with Crippen LogP contribution in [-0.2, 0) is 60.8 Å². The van der Waals surface area contributed by atoms with E-state index in [1.54, 1.807) is 67.7 Å². The van der Waals surface area contributed by atoms with Gasteiger partial charge in [-0.15, -0.1) is 0 Å². The summed E-state index contributed by atoms with van der Waals surface area (Å²) in [6, 6.07) is 4.14. The summed E-state index contributed by atoms with van der Waals surface area (Å²) in [6.07, 6.45) is 1.02. The molecule has 72 heavy (non-hydrogen) atoms. The molecule has 2 saturated heterocycles. The Morgan fingerprint density at radius 2 is 1.47 bits per heavy atom. The van der Waals surface area contributed by atoms with E-state index in [2.05, 4.69) is 47.2 Å². The van der Waals surface area contributed by atoms with Crippen molar-refractivity contribution < 1.29 is 57.8 Å². The molecule has 8 atom stereocenters. The number of aliphatic imine (C=N–C) groups is 1. The number of nitrogens with zero attached hydrogens (tertiary/aromatic N) is 2. The van der Waals surface area contributed by atoms with Gasteiger partial charge >= 0.3 is 12.0 Å². The van der Waals surface area contributed by atoms with E-state index >= 15 is 4.79 Å². The number of urea groups is 1. The quantitative estimate of drug-likeness (QED) is 0.0438. The van der Waals surface area contributed by atoms with Crippen molar-refractivity contribution in [2.45, 2.75) is 120 Å². The van der Waals surface area contributed by atoms with E-state index in [9.17, 15) is 53.1 Å². The molecule has 13 N–H and O–H groups in total. The van der Waals surface area contributed by atoms with Crippen LogP contribution in [0.5, 0.6) is 0 Å². The van der Waals surface area contributed by atoms with Crippen molar-refractivity contribution >= 4 is 82.3 Å². The number of amides is 11. The first-order valence-electron chi connectivity index (χ1n) is 23.6. The fourth-order valence-corrected chi connectivity index (χ4v) is 8.64. The minimum absolute atomic E-state index is 0.0146. The molecule has 386 valence electrons. The molecule has 1 unspecified atom stereocenters. The number of nitrogens with two attached hydrogens (primary N) is 2. The van der Waals surface area contributed by atoms with Gasteiger partial charge in [0.15, 0.2) is 0 Å². The highest BCUT2D eigenvalue weighted by Crippen LogP contribution is 2.31. The fourth-order valence-electron chi connectivity index (χ4n) is 8.64. The summed E-state index contributed by atoms with van der Waals surface area (Å²) in [6.45, 7) is 2.56. The number of aromatic amines is 1. The monoisotopic (exact) mass is 998 g/mol. The number of nitrogens with one attached hydrogen (secondary N) is 8. The number of para-hydroxylation sites is 1. The number of benzene rings is 2. The molecule has 0 spiro atoms. The van der Waals surface area contributed by atoms with Gasteiger partial charge in [0, 0.05) is 49.6 Å². The van der Waals surface area contributed by atoms with Crippen LogP contribution in [0.1, 0.15) is 76.3 Å². The fraction of sp³-hybridized carbons (Fsp3) is 0.458. The standard InChI is InChI=1S/C48H62N12O12/c1-4-6-15-32-45(70)60(47(72)59-32)24-37(61)53-36(44(69)55-31(39(49)64)17-18-38(62)63)22-48(25-51-3)21-35(40(50)65)57-43(68)34(20-27-23-52-30-16-11-10-14-28(27)30)56-41(66)29(5-2)54-42(67)33(58-46(48)71)19-26-12-8-7-9-13-26/h7-14,16,23,25,29,31-36,52H,4-6,15,17-22,24H2,1-3H3,(H2,49,64)(H2,50,65)(H,53,61)(H,54,67)(H,55,69)(H,56,66)(H,57,68)(H,58,71)(H,59,72)(H,62,63)/b51-25-/t29-,31-,32-,33+,34-,35-,36-,48?/m0/s1. The van der Waals surface area contributed by atoms with Crippen LogP contribution in [0.2, 0.25) is 0 Å². The van der Waals surface area contributed by atoms with Crippen LogP contribution in [0.15, 0.2) is 65.8 Å². The molecule has 2 aromatic carbocycles. The zero-order valence-corrected chi connectivity index (χ0v) is 40.2. The van der Waals surface area contributed by atoms with Crippen LogP contribution in [0.25, 0.3) is 10.9 Å². The number of H-pyrrole nitrogens is 1. The van der Waals surface area contributed by atoms with E-state index in [4.69, 9.17) is 11.5 Å². The third-order valence-electron chi connectivity index (χ3n) is 12.5. The lowest BCUT2D eigenvalue weighted by Gasteiger charge is -2.37. The van der Waals surface area contributed by atoms with Crippen molar-refractivity contribution in [3.8, 4) is 0 Å². The number of imide groups is 1. The smallest absolute Gasteiger partial charge is 0.325 e. The molecule has 0 radical (unpaired) electrons. The highest BCUT2D eigenvalue weighted by atomic mass is 16.4. The van der Waals surface area contributed by atoms with Crippen molar-refractivity contribution in [1.82, 2.24) is 47.1 Å². The number of primary amides is 2. The maximum Gasteiger partial charge on any atom is 0.325 e. The average Bonchev–Trinajstić information content (AvgIpc) is 3.87. The minimum Gasteiger partial charge on any atom is -0.481 e. The number of fused-ring (bicyclic) bond motifs is 1. The summed E-state index contributed by atoms with van der Waals surface area (Å²) in [5, 5.41) is 28.0. The van der Waals surface area contributed by atoms with Crippen molar-refractivity contribution in [3.05, 3.63) is 71.9 Å². The first-order chi connectivity index (χ1) is 34.3. The molecule has 24 heteroatoms. The highest BCUT2D eigenvalue weighted by molar-refractivity contribution is 6.07. The molecule has 11 amide bonds. The molecule has 2 aliphatic heterocycles. The van der Waals surface area contributed by atoms with Gasteiger partial charge in [-0.2, -0.15) is 0 Å². The third kappa shape index (κ3) is 14.2. The Balaban J connectivity index is 1.64. The van der Waals surface area contributed by atoms with Crippen LogP contribution < -0.4 is 48.7 Å². The Kier molecular flexibility index (Phi) is 19.1. The van der Waals surface area contributed by atoms with E-state index in [1.807, 2.05) is 6.92 Å². The summed E-state index contributed by atoms with van der Waals surface area (Å²) in [5.41, 5.74) is 11.1. The predicted molar refractivity (Wildman–Crippen MR) is 259 cm³/mol. The average molecular weight is 999 g/mol. The Morgan fingerprint density at radius 3 is 2.12 bits per heavy atom. The lowest BCUT2D eigenvalue weighted by molar-refractivity contribution is -0.139. The van der Waals surface area contributed by atoms with Gasteiger partial charge in [-0.3, -0.25) is 57.8 Å². The van der Waals surface area contributed by atoms with Gasteiger partial charge < -0.3 is 58.8 Å². The molecule has 3 heterocycles. The zero-order valence-electron chi connectivity index (χ0n) is 40.2. The number of hydrogen-bond donors (Lipinski definition) is 11. The largest absolute Gasteiger partial charge is 0.481 e. The number of rotatable bonds is 21. The van der Waals surface area contributed by atoms with E-state index in [0.29, 0.717) is 39.8 Å². The highest BCUT2D eigenvalue weighted by Gasteiger charge is 2.47. The molecule has 1 aromatic heterocycles. The maximum atomic E-state index is 15.3. The van der Waals surface area contributed by atoms with Crippen LogP contribution >= 0.6 is 0 Å². The molecule has 0 aliphatic carbocycles. The number of carboxylic acids is 1. The van der Waals surface area contributed by atoms with Gasteiger partial charge in [0.1, 0.15) is 48.8 Å². The van der Waals surface area contributed by atoms with Crippen molar-refractivity contribution in [1.29, 1.82) is 0 Å². The van der Waals surface area contributed by atoms with Crippen molar-refractivity contribution in [2.75, 3.05) is 13.6 Å². The Labute approximate surface area is 414 Å². The Morgan fingerprint density at radius 1 is 0.819 bits per heavy atom. The predicted octanol–water partition coefficient (Wildman–Crippen LogP) is -1.30. The van der Waals surface area contributed by atoms with E-state index in [0.717, 1.165) is 6.21 Å². The first-order valence-corrected chi connectivity index (χ1v) is 23.6. The molecule has 2 fully saturated rings. The molecular weight excluding hydrogens is 937 g/mol. The summed E-state index contributed by atoms with van der Waals surface area (Å²) in [7, 11) is 1.24. The van der Waals surface area contributed by atoms with Gasteiger partial charge in [-0.05, 0) is 49.3 Å². The van der Waals surface area contributed by atoms with Crippen LogP contribution in [0, 0.1) is 5.41 Å². The summed E-state index contributed by atoms with van der Waals surface area (Å²) in [5.74, 6) is -10.5. The summed E-state index contributed by atoms with van der Waals surface area (Å²) >= 11 is 0. The van der Waals surface area contributed by atoms with Crippen LogP contribution in [-0.4, -0.2) is 142 Å². The van der Waals surface area contributed by atoms with Gasteiger partial charge in [0.25, 0.3) is 5.91 Å². The number of aliphatic carboxylic acids is 1. The number of carboxylic acid groups (broad SMARTS) is 1. The van der Waals surface area contributed by atoms with Gasteiger partial charge in [-0.25, -0.2) is 4.79 Å². The topological polar surface area (TPSA) is 376 Å². The normalized spacial score (nSPS) is 22.9. The van der Waals surface area contributed by atoms with E-state index in [1.165, 1.54) is 7.05 Å². The number of hydrogen-bond acceptors (Lipinski definition) is 12. The van der Waals surface area contributed by atoms with Gasteiger partial charge in [-0.1, -0.05) is 75.2 Å². The molecule has 0 saturated carbocycles. The molecule has 0 bridgehead atoms. The van der Waals surface area contributed by atoms with Crippen molar-refractivity contribution in [3.63, 3.8) is 0 Å². The Bertz CT molecular complexity index is 2570. The molecule has 5 rings (SSSR count). The maximum absolute atomic E-state index is 15.3. The lowest BCUT2D eigenvalue weighted by atomic mass is 9.75. The number of carbonyl (C=O) groups is 11. The number of unbranched alkanes of at least 4 members (excludes halogenated alkanes) is 1. The zero-order chi connectivity index (χ0) is 52.7. The van der Waals surface area contributed by atoms with Gasteiger partial charge in [0.2, 0.25) is 47.3 Å². The minimum atomic E-state index is -2.34. The summed E-state index contributed by atoms with van der Waals surface area (Å²) in [4.78, 5) is 159. The van der Waals surface area contributed by atoms with Gasteiger partial charge in [0.05, 0.1) is 5.41 Å². The van der Waals surface area contributed by atoms with Crippen LogP contribution in [0.3, 0.4) is 0 Å². The summed E-state index contributed by atoms with van der Waals surface area (Å²) < 4.78 is 0. The first kappa shape index (κ1) is 54.8. The number of carbonyl (C=O) groups excluding carboxylic acids is 10. The Hall–Kier alpha value is -8.18. The van der Waals surface area contributed by atoms with Crippen LogP contribution in [0.4, 0.5) is 4.79 Å². The van der Waals surface area contributed by atoms with E-state index < -0.39 is 145 Å². The second-order valence-corrected chi connectivity index (χ2v) is 17.8. The SMILES string of the molecule is CCCC[C@@H]1NC(=O)N(CC(=O)N[C@@H](CC2(/C=N\C)C[C@@H](C(N)=O)NC(=O)[C@H](Cc3c[nH]c4ccccc34)NC(=O)[C@H](CC)NC(=O)[C@@H](Cc3ccccc3)NC2=O)C(=O)N[C@@H](CCC(=O)O)C(N)=O)C1=O. The van der Waals surface area contributed by atoms with E-state index in [-0.39, 0.29) is 25.7 Å². The third-order valence-corrected chi connectivity index (χ3v) is 12.5. The number of aromatic nitrogens is 1. The lowest BCUT2D eigenvalue weighted by Crippen LogP contribution is -2.63. The van der Waals surface area contributed by atoms with Crippen molar-refractivity contribution in [2.24, 2.45) is 21.9 Å². The molecule has 24 nitrogen and oxygen atoms in total. The second kappa shape index (κ2) is 25.1. The molecular formula is C48H62N12O12. The molecule has 2 aliphatic rings.